The zero-order valence-electron chi connectivity index (χ0n) is 8.94. The first-order valence-electron chi connectivity index (χ1n) is 5.39. The molecule has 0 amide bonds. The number of H-pyrrole nitrogens is 1. The van der Waals surface area contributed by atoms with Crippen LogP contribution in [0.25, 0.3) is 0 Å². The van der Waals surface area contributed by atoms with Crippen LogP contribution < -0.4 is 5.73 Å². The molecule has 0 spiro atoms. The predicted molar refractivity (Wildman–Crippen MR) is 53.9 cm³/mol. The van der Waals surface area contributed by atoms with Gasteiger partial charge in [-0.1, -0.05) is 18.6 Å². The molecule has 0 bridgehead atoms. The summed E-state index contributed by atoms with van der Waals surface area (Å²) in [6.07, 6.45) is 3.91. The van der Waals surface area contributed by atoms with E-state index >= 15 is 0 Å². The van der Waals surface area contributed by atoms with Gasteiger partial charge in [0.25, 0.3) is 0 Å². The van der Waals surface area contributed by atoms with Gasteiger partial charge in [-0.3, -0.25) is 0 Å². The van der Waals surface area contributed by atoms with E-state index in [0.717, 1.165) is 25.7 Å². The maximum absolute atomic E-state index is 6.28. The monoisotopic (exact) mass is 211 g/mol. The SMILES string of the molecule is CCCC1CC(N)(c2nn[nH]n2)CCO1. The molecule has 3 N–H and O–H groups in total. The summed E-state index contributed by atoms with van der Waals surface area (Å²) in [5, 5.41) is 14.0. The molecule has 1 aromatic heterocycles. The van der Waals surface area contributed by atoms with Crippen LogP contribution in [0.1, 0.15) is 38.4 Å². The smallest absolute Gasteiger partial charge is 0.194 e. The van der Waals surface area contributed by atoms with E-state index in [2.05, 4.69) is 27.5 Å². The van der Waals surface area contributed by atoms with Gasteiger partial charge in [0, 0.05) is 6.61 Å². The molecule has 0 aromatic carbocycles. The fraction of sp³-hybridized carbons (Fsp3) is 0.889. The molecule has 2 heterocycles. The average Bonchev–Trinajstić information content (AvgIpc) is 2.71. The average molecular weight is 211 g/mol. The van der Waals surface area contributed by atoms with Crippen LogP contribution in [0.3, 0.4) is 0 Å². The van der Waals surface area contributed by atoms with E-state index in [9.17, 15) is 0 Å². The number of nitrogens with two attached hydrogens (primary N) is 1. The lowest BCUT2D eigenvalue weighted by molar-refractivity contribution is -0.0262. The third-order valence-electron chi connectivity index (χ3n) is 2.89. The molecular formula is C9H17N5O. The Balaban J connectivity index is 2.08. The Morgan fingerprint density at radius 1 is 1.67 bits per heavy atom. The highest BCUT2D eigenvalue weighted by atomic mass is 16.5. The fourth-order valence-corrected chi connectivity index (χ4v) is 2.06. The van der Waals surface area contributed by atoms with Gasteiger partial charge in [-0.2, -0.15) is 5.21 Å². The number of rotatable bonds is 3. The van der Waals surface area contributed by atoms with Gasteiger partial charge >= 0.3 is 0 Å². The molecule has 0 saturated carbocycles. The van der Waals surface area contributed by atoms with Crippen molar-refractivity contribution in [2.24, 2.45) is 5.73 Å². The molecule has 84 valence electrons. The minimum Gasteiger partial charge on any atom is -0.378 e. The zero-order valence-corrected chi connectivity index (χ0v) is 8.94. The summed E-state index contributed by atoms with van der Waals surface area (Å²) in [5.74, 6) is 0.604. The van der Waals surface area contributed by atoms with Gasteiger partial charge in [-0.15, -0.1) is 10.2 Å². The molecule has 1 aliphatic rings. The molecule has 0 radical (unpaired) electrons. The van der Waals surface area contributed by atoms with Crippen molar-refractivity contribution in [1.29, 1.82) is 0 Å². The van der Waals surface area contributed by atoms with Crippen LogP contribution in [-0.4, -0.2) is 33.3 Å². The summed E-state index contributed by atoms with van der Waals surface area (Å²) in [7, 11) is 0. The summed E-state index contributed by atoms with van der Waals surface area (Å²) in [6.45, 7) is 2.82. The number of aromatic amines is 1. The van der Waals surface area contributed by atoms with Crippen molar-refractivity contribution < 1.29 is 4.74 Å². The first-order chi connectivity index (χ1) is 7.24. The van der Waals surface area contributed by atoms with Gasteiger partial charge in [0.2, 0.25) is 0 Å². The van der Waals surface area contributed by atoms with Crippen molar-refractivity contribution >= 4 is 0 Å². The Labute approximate surface area is 88.6 Å². The quantitative estimate of drug-likeness (QED) is 0.752. The van der Waals surface area contributed by atoms with E-state index in [0.29, 0.717) is 12.4 Å². The zero-order chi connectivity index (χ0) is 10.7. The Kier molecular flexibility index (Phi) is 2.97. The van der Waals surface area contributed by atoms with E-state index in [4.69, 9.17) is 10.5 Å². The third kappa shape index (κ3) is 2.15. The summed E-state index contributed by atoms with van der Waals surface area (Å²) >= 11 is 0. The number of hydrogen-bond acceptors (Lipinski definition) is 5. The van der Waals surface area contributed by atoms with Crippen LogP contribution in [0.4, 0.5) is 0 Å². The van der Waals surface area contributed by atoms with Crippen LogP contribution in [0.2, 0.25) is 0 Å². The lowest BCUT2D eigenvalue weighted by Crippen LogP contribution is -2.46. The first kappa shape index (κ1) is 10.5. The molecule has 0 aliphatic carbocycles. The Hall–Kier alpha value is -1.01. The van der Waals surface area contributed by atoms with Gasteiger partial charge in [0.1, 0.15) is 0 Å². The van der Waals surface area contributed by atoms with Gasteiger partial charge in [-0.25, -0.2) is 0 Å². The highest BCUT2D eigenvalue weighted by Gasteiger charge is 2.38. The number of nitrogens with one attached hydrogen (secondary N) is 1. The largest absolute Gasteiger partial charge is 0.378 e. The van der Waals surface area contributed by atoms with Crippen molar-refractivity contribution in [3.05, 3.63) is 5.82 Å². The van der Waals surface area contributed by atoms with Gasteiger partial charge in [-0.05, 0) is 19.3 Å². The van der Waals surface area contributed by atoms with Gasteiger partial charge < -0.3 is 10.5 Å². The lowest BCUT2D eigenvalue weighted by atomic mass is 9.86. The molecule has 6 heteroatoms. The Morgan fingerprint density at radius 2 is 2.53 bits per heavy atom. The normalized spacial score (nSPS) is 31.7. The number of hydrogen-bond donors (Lipinski definition) is 2. The van der Waals surface area contributed by atoms with Crippen LogP contribution in [0.15, 0.2) is 0 Å². The highest BCUT2D eigenvalue weighted by Crippen LogP contribution is 2.31. The number of tetrazole rings is 1. The van der Waals surface area contributed by atoms with Crippen molar-refractivity contribution in [2.45, 2.75) is 44.2 Å². The fourth-order valence-electron chi connectivity index (χ4n) is 2.06. The number of nitrogens with zero attached hydrogens (tertiary/aromatic N) is 3. The van der Waals surface area contributed by atoms with Crippen molar-refractivity contribution in [2.75, 3.05) is 6.61 Å². The third-order valence-corrected chi connectivity index (χ3v) is 2.89. The second-order valence-corrected chi connectivity index (χ2v) is 4.13. The summed E-state index contributed by atoms with van der Waals surface area (Å²) in [5.41, 5.74) is 5.81. The maximum Gasteiger partial charge on any atom is 0.194 e. The summed E-state index contributed by atoms with van der Waals surface area (Å²) in [6, 6.07) is 0. The van der Waals surface area contributed by atoms with E-state index < -0.39 is 5.54 Å². The van der Waals surface area contributed by atoms with Crippen LogP contribution >= 0.6 is 0 Å². The predicted octanol–water partition coefficient (Wildman–Crippen LogP) is 0.333. The molecule has 1 aliphatic heterocycles. The molecule has 1 fully saturated rings. The van der Waals surface area contributed by atoms with Crippen molar-refractivity contribution in [1.82, 2.24) is 20.6 Å². The molecule has 6 nitrogen and oxygen atoms in total. The minimum absolute atomic E-state index is 0.229. The number of ether oxygens (including phenoxy) is 1. The Morgan fingerprint density at radius 3 is 3.20 bits per heavy atom. The second-order valence-electron chi connectivity index (χ2n) is 4.13. The van der Waals surface area contributed by atoms with E-state index in [1.807, 2.05) is 0 Å². The molecule has 1 aromatic rings. The van der Waals surface area contributed by atoms with Crippen LogP contribution in [0.5, 0.6) is 0 Å². The molecule has 2 atom stereocenters. The van der Waals surface area contributed by atoms with E-state index in [1.54, 1.807) is 0 Å². The number of aromatic nitrogens is 4. The second kappa shape index (κ2) is 4.24. The standard InChI is InChI=1S/C9H17N5O/c1-2-3-7-6-9(10,4-5-15-7)8-11-13-14-12-8/h7H,2-6,10H2,1H3,(H,11,12,13,14). The minimum atomic E-state index is -0.467. The molecule has 2 rings (SSSR count). The highest BCUT2D eigenvalue weighted by molar-refractivity contribution is 5.03. The molecule has 1 saturated heterocycles. The summed E-state index contributed by atoms with van der Waals surface area (Å²) in [4.78, 5) is 0. The van der Waals surface area contributed by atoms with Crippen molar-refractivity contribution in [3.63, 3.8) is 0 Å². The summed E-state index contributed by atoms with van der Waals surface area (Å²) < 4.78 is 5.65. The topological polar surface area (TPSA) is 89.7 Å². The van der Waals surface area contributed by atoms with Crippen molar-refractivity contribution in [3.8, 4) is 0 Å². The van der Waals surface area contributed by atoms with Crippen LogP contribution in [-0.2, 0) is 10.3 Å². The van der Waals surface area contributed by atoms with Crippen LogP contribution in [0, 0.1) is 0 Å². The van der Waals surface area contributed by atoms with E-state index in [1.165, 1.54) is 0 Å². The molecule has 2 unspecified atom stereocenters. The van der Waals surface area contributed by atoms with E-state index in [-0.39, 0.29) is 6.10 Å². The maximum atomic E-state index is 6.28. The Bertz CT molecular complexity index is 299. The van der Waals surface area contributed by atoms with Gasteiger partial charge in [0.15, 0.2) is 5.82 Å². The molecule has 15 heavy (non-hydrogen) atoms. The first-order valence-corrected chi connectivity index (χ1v) is 5.39. The molecular weight excluding hydrogens is 194 g/mol. The lowest BCUT2D eigenvalue weighted by Gasteiger charge is -2.35. The van der Waals surface area contributed by atoms with Gasteiger partial charge in [0.05, 0.1) is 11.6 Å².